The minimum Gasteiger partial charge on any atom is -0.446 e. The monoisotopic (exact) mass is 534 g/mol. The Bertz CT molecular complexity index is 1530. The van der Waals surface area contributed by atoms with Gasteiger partial charge in [-0.3, -0.25) is 9.99 Å². The minimum absolute atomic E-state index is 0.231. The van der Waals surface area contributed by atoms with Crippen molar-refractivity contribution in [3.8, 4) is 6.07 Å². The van der Waals surface area contributed by atoms with Gasteiger partial charge >= 0.3 is 0 Å². The van der Waals surface area contributed by atoms with Gasteiger partial charge in [-0.05, 0) is 50.6 Å². The quantitative estimate of drug-likeness (QED) is 0.220. The Morgan fingerprint density at radius 1 is 1.11 bits per heavy atom. The number of hydrazine groups is 2. The number of benzene rings is 2. The van der Waals surface area contributed by atoms with Gasteiger partial charge in [0.25, 0.3) is 0 Å². The van der Waals surface area contributed by atoms with E-state index in [1.54, 1.807) is 12.3 Å². The molecule has 0 spiro atoms. The predicted molar refractivity (Wildman–Crippen MR) is 145 cm³/mol. The maximum Gasteiger partial charge on any atom is 0.180 e. The van der Waals surface area contributed by atoms with E-state index >= 15 is 0 Å². The standard InChI is InChI=1S/C26H24Cl2N8O/c1-14(2)36-12-22(34-35-36)26(23-11-30-13-37-23)33-18-6-19-24(32-17-5-4-15(3)20(27)7-17)16(9-29)10-31-25(19)21(28)8-18/h4-8,10-14,26,33-35H,1-3H3,(H,31,32)/t26-/m1/s1. The molecule has 1 aliphatic rings. The molecule has 11 heteroatoms. The van der Waals surface area contributed by atoms with Crippen LogP contribution in [-0.4, -0.2) is 21.0 Å². The van der Waals surface area contributed by atoms with E-state index in [0.717, 1.165) is 16.9 Å². The molecule has 3 heterocycles. The van der Waals surface area contributed by atoms with Gasteiger partial charge in [-0.2, -0.15) is 5.26 Å². The summed E-state index contributed by atoms with van der Waals surface area (Å²) in [6.45, 7) is 6.08. The Hall–Kier alpha value is -3.97. The number of hydrogen-bond acceptors (Lipinski definition) is 9. The predicted octanol–water partition coefficient (Wildman–Crippen LogP) is 6.18. The molecule has 9 nitrogen and oxygen atoms in total. The van der Waals surface area contributed by atoms with E-state index in [1.165, 1.54) is 12.6 Å². The highest BCUT2D eigenvalue weighted by Crippen LogP contribution is 2.37. The van der Waals surface area contributed by atoms with Gasteiger partial charge in [0.2, 0.25) is 0 Å². The first-order valence-electron chi connectivity index (χ1n) is 11.6. The summed E-state index contributed by atoms with van der Waals surface area (Å²) in [5, 5.41) is 20.3. The normalized spacial score (nSPS) is 13.9. The van der Waals surface area contributed by atoms with Crippen LogP contribution in [0.1, 0.15) is 36.8 Å². The number of nitrogens with one attached hydrogen (secondary N) is 4. The number of rotatable bonds is 7. The maximum atomic E-state index is 9.83. The Morgan fingerprint density at radius 3 is 2.59 bits per heavy atom. The maximum absolute atomic E-state index is 9.83. The zero-order valence-corrected chi connectivity index (χ0v) is 21.8. The van der Waals surface area contributed by atoms with Crippen LogP contribution in [0.3, 0.4) is 0 Å². The smallest absolute Gasteiger partial charge is 0.180 e. The van der Waals surface area contributed by atoms with Gasteiger partial charge < -0.3 is 20.5 Å². The molecule has 188 valence electrons. The molecule has 2 aromatic heterocycles. The third-order valence-corrected chi connectivity index (χ3v) is 6.70. The van der Waals surface area contributed by atoms with Crippen molar-refractivity contribution in [1.29, 1.82) is 5.26 Å². The molecule has 0 unspecified atom stereocenters. The van der Waals surface area contributed by atoms with Crippen LogP contribution in [0.15, 0.2) is 65.4 Å². The van der Waals surface area contributed by atoms with Crippen LogP contribution in [-0.2, 0) is 0 Å². The van der Waals surface area contributed by atoms with E-state index in [9.17, 15) is 5.26 Å². The summed E-state index contributed by atoms with van der Waals surface area (Å²) in [6, 6.07) is 11.4. The van der Waals surface area contributed by atoms with Gasteiger partial charge in [-0.15, -0.1) is 5.53 Å². The molecule has 4 aromatic rings. The van der Waals surface area contributed by atoms with Crippen LogP contribution < -0.4 is 21.6 Å². The molecule has 0 fully saturated rings. The van der Waals surface area contributed by atoms with Crippen molar-refractivity contribution < 1.29 is 4.42 Å². The number of aryl methyl sites for hydroxylation is 1. The van der Waals surface area contributed by atoms with Crippen molar-refractivity contribution in [2.24, 2.45) is 0 Å². The fourth-order valence-electron chi connectivity index (χ4n) is 3.98. The molecule has 1 aliphatic heterocycles. The van der Waals surface area contributed by atoms with E-state index < -0.39 is 6.04 Å². The first-order chi connectivity index (χ1) is 17.8. The number of hydrogen-bond donors (Lipinski definition) is 4. The van der Waals surface area contributed by atoms with Crippen LogP contribution in [0.5, 0.6) is 0 Å². The largest absolute Gasteiger partial charge is 0.446 e. The van der Waals surface area contributed by atoms with Crippen molar-refractivity contribution in [2.75, 3.05) is 10.6 Å². The number of nitrogens with zero attached hydrogens (tertiary/aromatic N) is 4. The SMILES string of the molecule is Cc1ccc(Nc2c(C#N)cnc3c(Cl)cc(N[C@H](C4=CN(C(C)C)NN4)c4cnco4)cc23)cc1Cl. The topological polar surface area (TPSA) is 114 Å². The fraction of sp³-hybridized carbons (Fsp3) is 0.192. The third kappa shape index (κ3) is 5.00. The number of fused-ring (bicyclic) bond motifs is 1. The fourth-order valence-corrected chi connectivity index (χ4v) is 4.43. The molecule has 4 N–H and O–H groups in total. The number of anilines is 3. The molecular formula is C26H24Cl2N8O. The molecule has 2 aromatic carbocycles. The average molecular weight is 535 g/mol. The van der Waals surface area contributed by atoms with E-state index in [4.69, 9.17) is 27.6 Å². The number of pyridine rings is 1. The van der Waals surface area contributed by atoms with Crippen molar-refractivity contribution >= 4 is 51.2 Å². The second-order valence-electron chi connectivity index (χ2n) is 8.91. The first-order valence-corrected chi connectivity index (χ1v) is 12.3. The minimum atomic E-state index is -0.397. The molecule has 1 atom stereocenters. The first kappa shape index (κ1) is 24.7. The Labute approximate surface area is 224 Å². The number of nitriles is 1. The lowest BCUT2D eigenvalue weighted by atomic mass is 10.1. The second-order valence-corrected chi connectivity index (χ2v) is 9.72. The van der Waals surface area contributed by atoms with Gasteiger partial charge in [0.1, 0.15) is 12.1 Å². The van der Waals surface area contributed by atoms with Gasteiger partial charge in [-0.1, -0.05) is 29.3 Å². The van der Waals surface area contributed by atoms with Gasteiger partial charge in [0.05, 0.1) is 33.7 Å². The molecule has 0 saturated heterocycles. The molecule has 0 amide bonds. The summed E-state index contributed by atoms with van der Waals surface area (Å²) in [5.74, 6) is 0.610. The molecule has 0 saturated carbocycles. The number of oxazole rings is 1. The zero-order valence-electron chi connectivity index (χ0n) is 20.3. The van der Waals surface area contributed by atoms with Crippen molar-refractivity contribution in [3.63, 3.8) is 0 Å². The summed E-state index contributed by atoms with van der Waals surface area (Å²) in [5.41, 5.74) is 11.1. The average Bonchev–Trinajstić information content (AvgIpc) is 3.58. The van der Waals surface area contributed by atoms with Crippen molar-refractivity contribution in [1.82, 2.24) is 25.9 Å². The molecule has 37 heavy (non-hydrogen) atoms. The molecule has 5 rings (SSSR count). The van der Waals surface area contributed by atoms with Gasteiger partial charge in [-0.25, -0.2) is 4.98 Å². The van der Waals surface area contributed by atoms with E-state index in [-0.39, 0.29) is 6.04 Å². The summed E-state index contributed by atoms with van der Waals surface area (Å²) in [4.78, 5) is 8.53. The van der Waals surface area contributed by atoms with E-state index in [2.05, 4.69) is 51.5 Å². The highest BCUT2D eigenvalue weighted by molar-refractivity contribution is 6.36. The van der Waals surface area contributed by atoms with Gasteiger partial charge in [0.15, 0.2) is 12.2 Å². The lowest BCUT2D eigenvalue weighted by molar-refractivity contribution is 0.220. The third-order valence-electron chi connectivity index (χ3n) is 6.01. The highest BCUT2D eigenvalue weighted by Gasteiger charge is 2.26. The Morgan fingerprint density at radius 2 is 1.92 bits per heavy atom. The molecule has 0 bridgehead atoms. The molecule has 0 radical (unpaired) electrons. The van der Waals surface area contributed by atoms with Crippen LogP contribution in [0, 0.1) is 18.3 Å². The van der Waals surface area contributed by atoms with Crippen LogP contribution in [0.25, 0.3) is 10.9 Å². The van der Waals surface area contributed by atoms with Crippen molar-refractivity contribution in [3.05, 3.63) is 87.9 Å². The number of halogens is 2. The van der Waals surface area contributed by atoms with Gasteiger partial charge in [0, 0.05) is 40.2 Å². The van der Waals surface area contributed by atoms with Crippen LogP contribution in [0.4, 0.5) is 17.1 Å². The summed E-state index contributed by atoms with van der Waals surface area (Å²) in [7, 11) is 0. The Kier molecular flexibility index (Phi) is 6.80. The van der Waals surface area contributed by atoms with Crippen molar-refractivity contribution in [2.45, 2.75) is 32.9 Å². The molecular weight excluding hydrogens is 511 g/mol. The lowest BCUT2D eigenvalue weighted by Gasteiger charge is -2.20. The second kappa shape index (κ2) is 10.2. The highest BCUT2D eigenvalue weighted by atomic mass is 35.5. The zero-order chi connectivity index (χ0) is 26.1. The van der Waals surface area contributed by atoms with Crippen LogP contribution in [0.2, 0.25) is 10.0 Å². The van der Waals surface area contributed by atoms with Crippen LogP contribution >= 0.6 is 23.2 Å². The molecule has 0 aliphatic carbocycles. The number of aromatic nitrogens is 2. The summed E-state index contributed by atoms with van der Waals surface area (Å²) >= 11 is 13.0. The summed E-state index contributed by atoms with van der Waals surface area (Å²) < 4.78 is 5.64. The van der Waals surface area contributed by atoms with E-state index in [0.29, 0.717) is 43.6 Å². The Balaban J connectivity index is 1.58. The summed E-state index contributed by atoms with van der Waals surface area (Å²) in [6.07, 6.45) is 6.52. The van der Waals surface area contributed by atoms with E-state index in [1.807, 2.05) is 42.4 Å². The lowest BCUT2D eigenvalue weighted by Crippen LogP contribution is -2.41.